The van der Waals surface area contributed by atoms with E-state index in [2.05, 4.69) is 24.5 Å². The molecule has 0 aromatic carbocycles. The maximum Gasteiger partial charge on any atom is 0.303 e. The second-order valence-corrected chi connectivity index (χ2v) is 10.1. The van der Waals surface area contributed by atoms with Crippen LogP contribution < -0.4 is 10.6 Å². The van der Waals surface area contributed by atoms with E-state index in [0.717, 1.165) is 51.4 Å². The Labute approximate surface area is 232 Å². The van der Waals surface area contributed by atoms with Crippen LogP contribution in [-0.4, -0.2) is 47.1 Å². The van der Waals surface area contributed by atoms with Crippen molar-refractivity contribution in [2.75, 3.05) is 13.1 Å². The van der Waals surface area contributed by atoms with Gasteiger partial charge >= 0.3 is 11.9 Å². The first-order valence-electron chi connectivity index (χ1n) is 15.3. The summed E-state index contributed by atoms with van der Waals surface area (Å²) in [5.41, 5.74) is 0. The molecule has 0 atom stereocenters. The minimum Gasteiger partial charge on any atom is -0.481 e. The van der Waals surface area contributed by atoms with Gasteiger partial charge in [0.15, 0.2) is 0 Å². The molecule has 0 aliphatic carbocycles. The van der Waals surface area contributed by atoms with Gasteiger partial charge in [-0.15, -0.1) is 0 Å². The second-order valence-electron chi connectivity index (χ2n) is 10.1. The van der Waals surface area contributed by atoms with Crippen LogP contribution in [0.3, 0.4) is 0 Å². The molecule has 2 amide bonds. The number of unbranched alkanes of at least 4 members (excludes halogenated alkanes) is 14. The third-order valence-corrected chi connectivity index (χ3v) is 6.29. The Hall–Kier alpha value is -2.12. The molecule has 0 aliphatic heterocycles. The maximum atomic E-state index is 11.5. The highest BCUT2D eigenvalue weighted by Crippen LogP contribution is 2.08. The summed E-state index contributed by atoms with van der Waals surface area (Å²) in [5.74, 6) is -1.22. The van der Waals surface area contributed by atoms with Gasteiger partial charge in [-0.1, -0.05) is 90.9 Å². The van der Waals surface area contributed by atoms with Crippen molar-refractivity contribution in [3.8, 4) is 0 Å². The molecule has 0 heterocycles. The second kappa shape index (κ2) is 31.1. The number of carbonyl (C=O) groups excluding carboxylic acids is 2. The number of rotatable bonds is 26. The SMILES string of the molecule is CCCCCCCCC(=O)NCCCCCC(=O)O.CCCCCCCCC(=O)NCCCCCC(=O)O. The van der Waals surface area contributed by atoms with E-state index in [0.29, 0.717) is 38.8 Å². The molecule has 0 fully saturated rings. The summed E-state index contributed by atoms with van der Waals surface area (Å²) in [6.45, 7) is 5.75. The van der Waals surface area contributed by atoms with E-state index in [1.807, 2.05) is 0 Å². The predicted octanol–water partition coefficient (Wildman–Crippen LogP) is 7.00. The van der Waals surface area contributed by atoms with Gasteiger partial charge in [0, 0.05) is 38.8 Å². The Balaban J connectivity index is 0. The van der Waals surface area contributed by atoms with Crippen molar-refractivity contribution >= 4 is 23.8 Å². The summed E-state index contributed by atoms with van der Waals surface area (Å²) in [7, 11) is 0. The van der Waals surface area contributed by atoms with Crippen LogP contribution >= 0.6 is 0 Å². The van der Waals surface area contributed by atoms with Gasteiger partial charge < -0.3 is 20.8 Å². The van der Waals surface area contributed by atoms with Gasteiger partial charge in [-0.3, -0.25) is 19.2 Å². The van der Waals surface area contributed by atoms with Crippen molar-refractivity contribution in [2.24, 2.45) is 0 Å². The van der Waals surface area contributed by atoms with Gasteiger partial charge in [0.1, 0.15) is 0 Å². The molecule has 38 heavy (non-hydrogen) atoms. The molecule has 0 saturated carbocycles. The highest BCUT2D eigenvalue weighted by atomic mass is 16.4. The highest BCUT2D eigenvalue weighted by Gasteiger charge is 2.02. The quantitative estimate of drug-likeness (QED) is 0.0870. The molecule has 0 spiro atoms. The fraction of sp³-hybridized carbons (Fsp3) is 0.867. The van der Waals surface area contributed by atoms with Crippen molar-refractivity contribution in [2.45, 2.75) is 155 Å². The summed E-state index contributed by atoms with van der Waals surface area (Å²) in [5, 5.41) is 22.7. The van der Waals surface area contributed by atoms with E-state index < -0.39 is 11.9 Å². The van der Waals surface area contributed by atoms with Crippen LogP contribution in [0.5, 0.6) is 0 Å². The molecule has 0 aromatic heterocycles. The standard InChI is InChI=1S/2C15H29NO3/c2*1-2-3-4-5-6-8-11-14(17)16-13-10-7-9-12-15(18)19/h2*2-13H2,1H3,(H,16,17)(H,18,19). The first-order valence-corrected chi connectivity index (χ1v) is 15.3. The molecule has 8 heteroatoms. The summed E-state index contributed by atoms with van der Waals surface area (Å²) < 4.78 is 0. The van der Waals surface area contributed by atoms with E-state index >= 15 is 0 Å². The van der Waals surface area contributed by atoms with Crippen LogP contribution in [0.2, 0.25) is 0 Å². The molecule has 0 aromatic rings. The van der Waals surface area contributed by atoms with E-state index in [1.165, 1.54) is 51.4 Å². The average Bonchev–Trinajstić information content (AvgIpc) is 2.87. The fourth-order valence-electron chi connectivity index (χ4n) is 3.92. The number of aliphatic carboxylic acids is 2. The number of carboxylic acid groups (broad SMARTS) is 2. The zero-order valence-corrected chi connectivity index (χ0v) is 24.5. The third-order valence-electron chi connectivity index (χ3n) is 6.29. The molecule has 224 valence electrons. The van der Waals surface area contributed by atoms with Gasteiger partial charge in [0.2, 0.25) is 11.8 Å². The van der Waals surface area contributed by atoms with Crippen LogP contribution in [-0.2, 0) is 19.2 Å². The lowest BCUT2D eigenvalue weighted by Gasteiger charge is -2.05. The van der Waals surface area contributed by atoms with E-state index in [4.69, 9.17) is 10.2 Å². The van der Waals surface area contributed by atoms with Crippen molar-refractivity contribution < 1.29 is 29.4 Å². The maximum absolute atomic E-state index is 11.5. The molecule has 8 nitrogen and oxygen atoms in total. The zero-order chi connectivity index (χ0) is 28.7. The lowest BCUT2D eigenvalue weighted by molar-refractivity contribution is -0.138. The Morgan fingerprint density at radius 1 is 0.421 bits per heavy atom. The molecule has 4 N–H and O–H groups in total. The topological polar surface area (TPSA) is 133 Å². The molecule has 0 bridgehead atoms. The highest BCUT2D eigenvalue weighted by molar-refractivity contribution is 5.76. The monoisotopic (exact) mass is 542 g/mol. The Kier molecular flexibility index (Phi) is 31.1. The minimum absolute atomic E-state index is 0.133. The normalized spacial score (nSPS) is 10.4. The van der Waals surface area contributed by atoms with E-state index in [-0.39, 0.29) is 24.7 Å². The zero-order valence-electron chi connectivity index (χ0n) is 24.5. The predicted molar refractivity (Wildman–Crippen MR) is 154 cm³/mol. The first-order chi connectivity index (χ1) is 18.3. The fourth-order valence-corrected chi connectivity index (χ4v) is 3.92. The summed E-state index contributed by atoms with van der Waals surface area (Å²) in [6.07, 6.45) is 20.9. The summed E-state index contributed by atoms with van der Waals surface area (Å²) >= 11 is 0. The number of nitrogens with one attached hydrogen (secondary N) is 2. The smallest absolute Gasteiger partial charge is 0.303 e. The molecule has 0 rings (SSSR count). The Morgan fingerprint density at radius 2 is 0.711 bits per heavy atom. The Bertz CT molecular complexity index is 533. The van der Waals surface area contributed by atoms with Crippen LogP contribution in [0.1, 0.15) is 155 Å². The van der Waals surface area contributed by atoms with Crippen LogP contribution in [0.15, 0.2) is 0 Å². The summed E-state index contributed by atoms with van der Waals surface area (Å²) in [6, 6.07) is 0. The minimum atomic E-state index is -0.743. The summed E-state index contributed by atoms with van der Waals surface area (Å²) in [4.78, 5) is 43.5. The van der Waals surface area contributed by atoms with Crippen molar-refractivity contribution in [3.63, 3.8) is 0 Å². The largest absolute Gasteiger partial charge is 0.481 e. The molecular weight excluding hydrogens is 484 g/mol. The van der Waals surface area contributed by atoms with Gasteiger partial charge in [-0.05, 0) is 38.5 Å². The van der Waals surface area contributed by atoms with Crippen LogP contribution in [0.25, 0.3) is 0 Å². The third kappa shape index (κ3) is 36.0. The number of carbonyl (C=O) groups is 4. The van der Waals surface area contributed by atoms with Gasteiger partial charge in [-0.2, -0.15) is 0 Å². The van der Waals surface area contributed by atoms with Crippen molar-refractivity contribution in [1.82, 2.24) is 10.6 Å². The Morgan fingerprint density at radius 3 is 1.05 bits per heavy atom. The molecule has 0 radical (unpaired) electrons. The molecular formula is C30H58N2O6. The lowest BCUT2D eigenvalue weighted by Crippen LogP contribution is -2.23. The average molecular weight is 543 g/mol. The van der Waals surface area contributed by atoms with Gasteiger partial charge in [0.05, 0.1) is 0 Å². The molecule has 0 unspecified atom stereocenters. The van der Waals surface area contributed by atoms with E-state index in [9.17, 15) is 19.2 Å². The van der Waals surface area contributed by atoms with E-state index in [1.54, 1.807) is 0 Å². The number of hydrogen-bond acceptors (Lipinski definition) is 4. The van der Waals surface area contributed by atoms with Crippen LogP contribution in [0, 0.1) is 0 Å². The molecule has 0 aliphatic rings. The van der Waals surface area contributed by atoms with Crippen LogP contribution in [0.4, 0.5) is 0 Å². The van der Waals surface area contributed by atoms with Crippen molar-refractivity contribution in [3.05, 3.63) is 0 Å². The van der Waals surface area contributed by atoms with Gasteiger partial charge in [-0.25, -0.2) is 0 Å². The number of carboxylic acids is 2. The number of amides is 2. The molecule has 0 saturated heterocycles. The number of hydrogen-bond donors (Lipinski definition) is 4. The van der Waals surface area contributed by atoms with Crippen molar-refractivity contribution in [1.29, 1.82) is 0 Å². The van der Waals surface area contributed by atoms with Gasteiger partial charge in [0.25, 0.3) is 0 Å². The first kappa shape index (κ1) is 38.0. The lowest BCUT2D eigenvalue weighted by atomic mass is 10.1.